The molecule has 0 unspecified atom stereocenters. The van der Waals surface area contributed by atoms with Gasteiger partial charge in [0.05, 0.1) is 11.4 Å². The summed E-state index contributed by atoms with van der Waals surface area (Å²) in [6.07, 6.45) is 0. The van der Waals surface area contributed by atoms with E-state index in [1.807, 2.05) is 49.6 Å². The number of aromatic nitrogens is 3. The Morgan fingerprint density at radius 1 is 1.29 bits per heavy atom. The predicted molar refractivity (Wildman–Crippen MR) is 95.3 cm³/mol. The van der Waals surface area contributed by atoms with Gasteiger partial charge in [0.2, 0.25) is 11.8 Å². The molecular formula is C16H16N4O2S2. The molecule has 3 rings (SSSR count). The van der Waals surface area contributed by atoms with Crippen LogP contribution in [0.3, 0.4) is 0 Å². The third-order valence-corrected chi connectivity index (χ3v) is 4.64. The SMILES string of the molecule is CC(C)c1nnc(SCC(=O)Nc2nc(-c3ccccc3)cs2)o1. The Morgan fingerprint density at radius 2 is 2.08 bits per heavy atom. The van der Waals surface area contributed by atoms with Crippen molar-refractivity contribution in [2.75, 3.05) is 11.1 Å². The van der Waals surface area contributed by atoms with Crippen molar-refractivity contribution >= 4 is 34.1 Å². The van der Waals surface area contributed by atoms with Crippen molar-refractivity contribution in [3.63, 3.8) is 0 Å². The fourth-order valence-electron chi connectivity index (χ4n) is 1.87. The highest BCUT2D eigenvalue weighted by Crippen LogP contribution is 2.25. The fourth-order valence-corrected chi connectivity index (χ4v) is 3.17. The molecule has 0 aliphatic heterocycles. The normalized spacial score (nSPS) is 11.0. The largest absolute Gasteiger partial charge is 0.416 e. The van der Waals surface area contributed by atoms with Crippen LogP contribution in [0.5, 0.6) is 0 Å². The molecule has 0 saturated carbocycles. The van der Waals surface area contributed by atoms with E-state index in [-0.39, 0.29) is 17.6 Å². The monoisotopic (exact) mass is 360 g/mol. The molecule has 0 spiro atoms. The third-order valence-electron chi connectivity index (χ3n) is 3.06. The molecule has 1 amide bonds. The summed E-state index contributed by atoms with van der Waals surface area (Å²) in [7, 11) is 0. The number of thiazole rings is 1. The van der Waals surface area contributed by atoms with Crippen molar-refractivity contribution in [2.24, 2.45) is 0 Å². The Kier molecular flexibility index (Phi) is 5.27. The molecule has 24 heavy (non-hydrogen) atoms. The van der Waals surface area contributed by atoms with E-state index in [4.69, 9.17) is 4.42 Å². The molecule has 0 saturated heterocycles. The highest BCUT2D eigenvalue weighted by molar-refractivity contribution is 7.99. The van der Waals surface area contributed by atoms with Gasteiger partial charge in [-0.3, -0.25) is 4.79 Å². The Balaban J connectivity index is 1.54. The maximum absolute atomic E-state index is 12.0. The first-order valence-electron chi connectivity index (χ1n) is 7.39. The molecule has 124 valence electrons. The van der Waals surface area contributed by atoms with Gasteiger partial charge in [0.1, 0.15) is 0 Å². The first-order valence-corrected chi connectivity index (χ1v) is 9.25. The third kappa shape index (κ3) is 4.21. The molecule has 0 radical (unpaired) electrons. The lowest BCUT2D eigenvalue weighted by Crippen LogP contribution is -2.13. The van der Waals surface area contributed by atoms with E-state index in [1.54, 1.807) is 0 Å². The van der Waals surface area contributed by atoms with Crippen LogP contribution in [-0.4, -0.2) is 26.8 Å². The van der Waals surface area contributed by atoms with Gasteiger partial charge in [0, 0.05) is 16.9 Å². The molecule has 1 aromatic carbocycles. The summed E-state index contributed by atoms with van der Waals surface area (Å²) in [6, 6.07) is 9.84. The predicted octanol–water partition coefficient (Wildman–Crippen LogP) is 4.05. The number of rotatable bonds is 6. The molecule has 0 aliphatic carbocycles. The van der Waals surface area contributed by atoms with Crippen LogP contribution in [0.15, 0.2) is 45.4 Å². The number of hydrogen-bond acceptors (Lipinski definition) is 7. The summed E-state index contributed by atoms with van der Waals surface area (Å²) >= 11 is 2.61. The van der Waals surface area contributed by atoms with Gasteiger partial charge in [0.15, 0.2) is 5.13 Å². The smallest absolute Gasteiger partial charge is 0.277 e. The van der Waals surface area contributed by atoms with E-state index < -0.39 is 0 Å². The van der Waals surface area contributed by atoms with Gasteiger partial charge in [-0.25, -0.2) is 4.98 Å². The highest BCUT2D eigenvalue weighted by atomic mass is 32.2. The first kappa shape index (κ1) is 16.7. The van der Waals surface area contributed by atoms with Gasteiger partial charge in [-0.05, 0) is 0 Å². The van der Waals surface area contributed by atoms with Crippen molar-refractivity contribution in [3.05, 3.63) is 41.6 Å². The van der Waals surface area contributed by atoms with Crippen molar-refractivity contribution < 1.29 is 9.21 Å². The second-order valence-electron chi connectivity index (χ2n) is 5.30. The van der Waals surface area contributed by atoms with Crippen molar-refractivity contribution in [1.82, 2.24) is 15.2 Å². The number of anilines is 1. The number of nitrogens with one attached hydrogen (secondary N) is 1. The fraction of sp³-hybridized carbons (Fsp3) is 0.250. The van der Waals surface area contributed by atoms with Gasteiger partial charge >= 0.3 is 0 Å². The summed E-state index contributed by atoms with van der Waals surface area (Å²) in [5.41, 5.74) is 1.87. The minimum absolute atomic E-state index is 0.154. The lowest BCUT2D eigenvalue weighted by molar-refractivity contribution is -0.113. The minimum atomic E-state index is -0.154. The van der Waals surface area contributed by atoms with Crippen LogP contribution in [0.2, 0.25) is 0 Å². The van der Waals surface area contributed by atoms with E-state index in [1.165, 1.54) is 23.1 Å². The number of amides is 1. The Labute approximate surface area is 147 Å². The van der Waals surface area contributed by atoms with Gasteiger partial charge < -0.3 is 9.73 Å². The summed E-state index contributed by atoms with van der Waals surface area (Å²) < 4.78 is 5.46. The molecule has 0 fully saturated rings. The van der Waals surface area contributed by atoms with Gasteiger partial charge in [-0.1, -0.05) is 55.9 Å². The van der Waals surface area contributed by atoms with Crippen LogP contribution < -0.4 is 5.32 Å². The van der Waals surface area contributed by atoms with Crippen LogP contribution in [0.4, 0.5) is 5.13 Å². The quantitative estimate of drug-likeness (QED) is 0.668. The molecule has 0 atom stereocenters. The van der Waals surface area contributed by atoms with E-state index in [2.05, 4.69) is 20.5 Å². The van der Waals surface area contributed by atoms with Crippen LogP contribution in [0.1, 0.15) is 25.7 Å². The minimum Gasteiger partial charge on any atom is -0.416 e. The number of carbonyl (C=O) groups is 1. The Bertz CT molecular complexity index is 814. The van der Waals surface area contributed by atoms with E-state index >= 15 is 0 Å². The Morgan fingerprint density at radius 3 is 2.79 bits per heavy atom. The highest BCUT2D eigenvalue weighted by Gasteiger charge is 2.13. The van der Waals surface area contributed by atoms with Gasteiger partial charge in [-0.2, -0.15) is 0 Å². The van der Waals surface area contributed by atoms with Crippen molar-refractivity contribution in [1.29, 1.82) is 0 Å². The molecule has 0 aliphatic rings. The summed E-state index contributed by atoms with van der Waals surface area (Å²) in [5.74, 6) is 0.788. The molecule has 2 aromatic heterocycles. The molecule has 0 bridgehead atoms. The van der Waals surface area contributed by atoms with Gasteiger partial charge in [0.25, 0.3) is 5.22 Å². The zero-order valence-electron chi connectivity index (χ0n) is 13.2. The zero-order valence-corrected chi connectivity index (χ0v) is 14.9. The number of hydrogen-bond donors (Lipinski definition) is 1. The average Bonchev–Trinajstić information content (AvgIpc) is 3.23. The Hall–Kier alpha value is -2.19. The van der Waals surface area contributed by atoms with Crippen LogP contribution in [0.25, 0.3) is 11.3 Å². The molecular weight excluding hydrogens is 344 g/mol. The number of nitrogens with zero attached hydrogens (tertiary/aromatic N) is 3. The van der Waals surface area contributed by atoms with Crippen molar-refractivity contribution in [2.45, 2.75) is 25.0 Å². The van der Waals surface area contributed by atoms with Crippen LogP contribution in [0, 0.1) is 0 Å². The maximum Gasteiger partial charge on any atom is 0.277 e. The maximum atomic E-state index is 12.0. The van der Waals surface area contributed by atoms with Crippen LogP contribution in [-0.2, 0) is 4.79 Å². The number of benzene rings is 1. The second-order valence-corrected chi connectivity index (χ2v) is 7.09. The van der Waals surface area contributed by atoms with E-state index in [0.717, 1.165) is 11.3 Å². The second kappa shape index (κ2) is 7.59. The lowest BCUT2D eigenvalue weighted by Gasteiger charge is -1.99. The topological polar surface area (TPSA) is 80.9 Å². The lowest BCUT2D eigenvalue weighted by atomic mass is 10.2. The zero-order chi connectivity index (χ0) is 16.9. The summed E-state index contributed by atoms with van der Waals surface area (Å²) in [6.45, 7) is 3.95. The molecule has 2 heterocycles. The standard InChI is InChI=1S/C16H16N4O2S2/c1-10(2)14-19-20-16(22-14)24-9-13(21)18-15-17-12(8-23-15)11-6-4-3-5-7-11/h3-8,10H,9H2,1-2H3,(H,17,18,21). The molecule has 1 N–H and O–H groups in total. The summed E-state index contributed by atoms with van der Waals surface area (Å²) in [5, 5.41) is 13.5. The first-order chi connectivity index (χ1) is 11.6. The molecule has 3 aromatic rings. The van der Waals surface area contributed by atoms with Crippen LogP contribution >= 0.6 is 23.1 Å². The molecule has 8 heteroatoms. The van der Waals surface area contributed by atoms with Gasteiger partial charge in [-0.15, -0.1) is 21.5 Å². The van der Waals surface area contributed by atoms with E-state index in [9.17, 15) is 4.79 Å². The average molecular weight is 360 g/mol. The number of thioether (sulfide) groups is 1. The summed E-state index contributed by atoms with van der Waals surface area (Å²) in [4.78, 5) is 16.4. The van der Waals surface area contributed by atoms with Crippen molar-refractivity contribution in [3.8, 4) is 11.3 Å². The number of carbonyl (C=O) groups excluding carboxylic acids is 1. The molecule has 6 nitrogen and oxygen atoms in total. The van der Waals surface area contributed by atoms with E-state index in [0.29, 0.717) is 16.2 Å².